The molecule has 1 atom stereocenters. The van der Waals surface area contributed by atoms with Gasteiger partial charge in [0.1, 0.15) is 0 Å². The zero-order valence-corrected chi connectivity index (χ0v) is 16.6. The van der Waals surface area contributed by atoms with Crippen LogP contribution in [-0.4, -0.2) is 60.9 Å². The molecule has 1 aliphatic heterocycles. The second kappa shape index (κ2) is 9.67. The summed E-state index contributed by atoms with van der Waals surface area (Å²) in [7, 11) is 0. The predicted octanol–water partition coefficient (Wildman–Crippen LogP) is 2.82. The minimum atomic E-state index is 0.0578. The highest BCUT2D eigenvalue weighted by molar-refractivity contribution is 7.12. The van der Waals surface area contributed by atoms with Crippen LogP contribution in [0.5, 0.6) is 0 Å². The highest BCUT2D eigenvalue weighted by Gasteiger charge is 2.23. The van der Waals surface area contributed by atoms with Crippen LogP contribution in [-0.2, 0) is 4.79 Å². The maximum absolute atomic E-state index is 12.4. The van der Waals surface area contributed by atoms with E-state index in [0.717, 1.165) is 24.4 Å². The van der Waals surface area contributed by atoms with Crippen LogP contribution in [0.25, 0.3) is 0 Å². The molecule has 3 rings (SSSR count). The van der Waals surface area contributed by atoms with E-state index >= 15 is 0 Å². The second-order valence-electron chi connectivity index (χ2n) is 6.87. The summed E-state index contributed by atoms with van der Waals surface area (Å²) in [5.74, 6) is 0.501. The summed E-state index contributed by atoms with van der Waals surface area (Å²) < 4.78 is 0. The number of nitrogens with one attached hydrogen (secondary N) is 1. The predicted molar refractivity (Wildman–Crippen MR) is 109 cm³/mol. The molecule has 1 saturated heterocycles. The molecular formula is C21H27N3O2S. The molecule has 27 heavy (non-hydrogen) atoms. The van der Waals surface area contributed by atoms with E-state index in [1.165, 1.54) is 16.9 Å². The van der Waals surface area contributed by atoms with Gasteiger partial charge < -0.3 is 10.2 Å². The van der Waals surface area contributed by atoms with Gasteiger partial charge in [-0.25, -0.2) is 0 Å². The molecule has 1 aromatic carbocycles. The number of benzene rings is 1. The van der Waals surface area contributed by atoms with E-state index in [-0.39, 0.29) is 11.8 Å². The Morgan fingerprint density at radius 2 is 1.81 bits per heavy atom. The fourth-order valence-electron chi connectivity index (χ4n) is 3.38. The fourth-order valence-corrected chi connectivity index (χ4v) is 4.08. The van der Waals surface area contributed by atoms with Crippen LogP contribution in [0, 0.1) is 0 Å². The summed E-state index contributed by atoms with van der Waals surface area (Å²) in [6.07, 6.45) is 0.994. The number of hydrogen-bond acceptors (Lipinski definition) is 4. The van der Waals surface area contributed by atoms with Crippen LogP contribution in [0.4, 0.5) is 0 Å². The Kier molecular flexibility index (Phi) is 7.01. The third-order valence-corrected chi connectivity index (χ3v) is 5.93. The van der Waals surface area contributed by atoms with Gasteiger partial charge in [-0.2, -0.15) is 0 Å². The van der Waals surface area contributed by atoms with E-state index in [4.69, 9.17) is 0 Å². The third kappa shape index (κ3) is 5.40. The van der Waals surface area contributed by atoms with Crippen LogP contribution in [0.1, 0.15) is 34.5 Å². The Bertz CT molecular complexity index is 725. The molecule has 2 heterocycles. The molecule has 5 nitrogen and oxygen atoms in total. The van der Waals surface area contributed by atoms with Crippen molar-refractivity contribution in [1.82, 2.24) is 15.1 Å². The first kappa shape index (κ1) is 19.6. The van der Waals surface area contributed by atoms with Gasteiger partial charge >= 0.3 is 0 Å². The number of nitrogens with zero attached hydrogens (tertiary/aromatic N) is 2. The first-order valence-corrected chi connectivity index (χ1v) is 10.4. The average Bonchev–Trinajstić information content (AvgIpc) is 3.24. The van der Waals surface area contributed by atoms with Gasteiger partial charge in [0.2, 0.25) is 5.91 Å². The molecule has 0 aliphatic carbocycles. The summed E-state index contributed by atoms with van der Waals surface area (Å²) in [6, 6.07) is 14.1. The summed E-state index contributed by atoms with van der Waals surface area (Å²) in [5, 5.41) is 5.00. The van der Waals surface area contributed by atoms with E-state index < -0.39 is 0 Å². The van der Waals surface area contributed by atoms with Crippen molar-refractivity contribution >= 4 is 23.2 Å². The number of carbonyl (C=O) groups excluding carboxylic acids is 2. The van der Waals surface area contributed by atoms with Crippen LogP contribution in [0.3, 0.4) is 0 Å². The smallest absolute Gasteiger partial charge is 0.264 e. The fraction of sp³-hybridized carbons (Fsp3) is 0.429. The van der Waals surface area contributed by atoms with Gasteiger partial charge in [-0.1, -0.05) is 43.3 Å². The molecule has 0 bridgehead atoms. The molecule has 1 unspecified atom stereocenters. The monoisotopic (exact) mass is 385 g/mol. The van der Waals surface area contributed by atoms with Crippen LogP contribution in [0.2, 0.25) is 0 Å². The van der Waals surface area contributed by atoms with Crippen molar-refractivity contribution in [2.45, 2.75) is 19.3 Å². The second-order valence-corrected chi connectivity index (χ2v) is 7.81. The molecule has 6 heteroatoms. The van der Waals surface area contributed by atoms with Gasteiger partial charge in [0.25, 0.3) is 5.91 Å². The number of piperazine rings is 1. The molecule has 144 valence electrons. The Balaban J connectivity index is 1.41. The third-order valence-electron chi connectivity index (χ3n) is 5.07. The Hall–Kier alpha value is -2.18. The van der Waals surface area contributed by atoms with Gasteiger partial charge in [-0.15, -0.1) is 11.3 Å². The zero-order valence-electron chi connectivity index (χ0n) is 15.8. The topological polar surface area (TPSA) is 52.7 Å². The highest BCUT2D eigenvalue weighted by atomic mass is 32.1. The van der Waals surface area contributed by atoms with Crippen molar-refractivity contribution in [2.24, 2.45) is 0 Å². The Labute approximate surface area is 165 Å². The Morgan fingerprint density at radius 1 is 1.07 bits per heavy atom. The first-order chi connectivity index (χ1) is 13.2. The summed E-state index contributed by atoms with van der Waals surface area (Å²) in [4.78, 5) is 29.5. The van der Waals surface area contributed by atoms with Crippen LogP contribution in [0.15, 0.2) is 47.8 Å². The number of thiophene rings is 1. The van der Waals surface area contributed by atoms with Gasteiger partial charge in [-0.05, 0) is 23.4 Å². The maximum Gasteiger partial charge on any atom is 0.264 e. The number of rotatable bonds is 7. The van der Waals surface area contributed by atoms with E-state index in [9.17, 15) is 9.59 Å². The number of hydrogen-bond donors (Lipinski definition) is 1. The van der Waals surface area contributed by atoms with Crippen LogP contribution < -0.4 is 5.32 Å². The molecule has 0 spiro atoms. The molecule has 0 radical (unpaired) electrons. The summed E-state index contributed by atoms with van der Waals surface area (Å²) >= 11 is 1.48. The van der Waals surface area contributed by atoms with Crippen molar-refractivity contribution in [3.63, 3.8) is 0 Å². The van der Waals surface area contributed by atoms with Crippen molar-refractivity contribution < 1.29 is 9.59 Å². The van der Waals surface area contributed by atoms with Gasteiger partial charge in [0.05, 0.1) is 11.4 Å². The van der Waals surface area contributed by atoms with Crippen molar-refractivity contribution in [3.8, 4) is 0 Å². The summed E-state index contributed by atoms with van der Waals surface area (Å²) in [5.41, 5.74) is 1.26. The highest BCUT2D eigenvalue weighted by Crippen LogP contribution is 2.18. The SMILES string of the molecule is CCC(CNC(=O)CN1CCN(C(=O)c2cccs2)CC1)c1ccccc1. The zero-order chi connectivity index (χ0) is 19.1. The molecule has 1 fully saturated rings. The normalized spacial score (nSPS) is 16.1. The molecule has 1 aliphatic rings. The minimum absolute atomic E-state index is 0.0578. The number of carbonyl (C=O) groups is 2. The summed E-state index contributed by atoms with van der Waals surface area (Å²) in [6.45, 7) is 6.02. The van der Waals surface area contributed by atoms with Crippen LogP contribution >= 0.6 is 11.3 Å². The lowest BCUT2D eigenvalue weighted by molar-refractivity contribution is -0.122. The molecule has 2 amide bonds. The lowest BCUT2D eigenvalue weighted by Crippen LogP contribution is -2.51. The quantitative estimate of drug-likeness (QED) is 0.797. The molecule has 0 saturated carbocycles. The van der Waals surface area contributed by atoms with Gasteiger partial charge in [0.15, 0.2) is 0 Å². The lowest BCUT2D eigenvalue weighted by Gasteiger charge is -2.34. The van der Waals surface area contributed by atoms with E-state index in [0.29, 0.717) is 32.1 Å². The largest absolute Gasteiger partial charge is 0.354 e. The molecular weight excluding hydrogens is 358 g/mol. The standard InChI is InChI=1S/C21H27N3O2S/c1-2-17(18-7-4-3-5-8-18)15-22-20(25)16-23-10-12-24(13-11-23)21(26)19-9-6-14-27-19/h3-9,14,17H,2,10-13,15-16H2,1H3,(H,22,25). The molecule has 1 aromatic heterocycles. The van der Waals surface area contributed by atoms with Crippen molar-refractivity contribution in [1.29, 1.82) is 0 Å². The van der Waals surface area contributed by atoms with Gasteiger partial charge in [0, 0.05) is 38.6 Å². The average molecular weight is 386 g/mol. The van der Waals surface area contributed by atoms with E-state index in [1.54, 1.807) is 0 Å². The molecule has 2 aromatic rings. The van der Waals surface area contributed by atoms with E-state index in [2.05, 4.69) is 29.3 Å². The van der Waals surface area contributed by atoms with Crippen molar-refractivity contribution in [2.75, 3.05) is 39.3 Å². The number of amides is 2. The molecule has 1 N–H and O–H groups in total. The van der Waals surface area contributed by atoms with Gasteiger partial charge in [-0.3, -0.25) is 14.5 Å². The van der Waals surface area contributed by atoms with Crippen molar-refractivity contribution in [3.05, 3.63) is 58.3 Å². The maximum atomic E-state index is 12.4. The lowest BCUT2D eigenvalue weighted by atomic mass is 9.96. The van der Waals surface area contributed by atoms with E-state index in [1.807, 2.05) is 40.6 Å². The minimum Gasteiger partial charge on any atom is -0.354 e. The first-order valence-electron chi connectivity index (χ1n) is 9.54. The Morgan fingerprint density at radius 3 is 2.44 bits per heavy atom.